The van der Waals surface area contributed by atoms with E-state index in [1.165, 1.54) is 30.4 Å². The number of rotatable bonds is 4. The average Bonchev–Trinajstić information content (AvgIpc) is 2.88. The van der Waals surface area contributed by atoms with Gasteiger partial charge in [0.05, 0.1) is 0 Å². The van der Waals surface area contributed by atoms with Crippen LogP contribution in [0, 0.1) is 5.92 Å². The monoisotopic (exact) mass is 284 g/mol. The summed E-state index contributed by atoms with van der Waals surface area (Å²) in [6, 6.07) is 9.26. The van der Waals surface area contributed by atoms with Gasteiger partial charge in [0.1, 0.15) is 12.2 Å². The summed E-state index contributed by atoms with van der Waals surface area (Å²) in [6.07, 6.45) is 6.34. The van der Waals surface area contributed by atoms with E-state index in [-0.39, 0.29) is 0 Å². The van der Waals surface area contributed by atoms with E-state index in [0.717, 1.165) is 18.8 Å². The molecule has 21 heavy (non-hydrogen) atoms. The zero-order valence-electron chi connectivity index (χ0n) is 12.9. The van der Waals surface area contributed by atoms with E-state index in [4.69, 9.17) is 0 Å². The number of benzene rings is 1. The Labute approximate surface area is 126 Å². The van der Waals surface area contributed by atoms with Crippen LogP contribution in [-0.2, 0) is 19.4 Å². The lowest BCUT2D eigenvalue weighted by Crippen LogP contribution is -2.27. The molecule has 4 nitrogen and oxygen atoms in total. The summed E-state index contributed by atoms with van der Waals surface area (Å²) >= 11 is 0. The van der Waals surface area contributed by atoms with Gasteiger partial charge in [-0.15, -0.1) is 0 Å². The van der Waals surface area contributed by atoms with E-state index < -0.39 is 0 Å². The number of aromatic nitrogens is 3. The van der Waals surface area contributed by atoms with Crippen LogP contribution in [0.3, 0.4) is 0 Å². The maximum atomic E-state index is 4.46. The second kappa shape index (κ2) is 6.39. The molecular weight excluding hydrogens is 260 g/mol. The minimum atomic E-state index is 0.408. The summed E-state index contributed by atoms with van der Waals surface area (Å²) < 4.78 is 2.02. The second-order valence-electron chi connectivity index (χ2n) is 5.81. The first-order valence-corrected chi connectivity index (χ1v) is 7.95. The smallest absolute Gasteiger partial charge is 0.138 e. The van der Waals surface area contributed by atoms with E-state index in [9.17, 15) is 0 Å². The zero-order chi connectivity index (χ0) is 14.7. The van der Waals surface area contributed by atoms with Crippen molar-refractivity contribution in [3.63, 3.8) is 0 Å². The van der Waals surface area contributed by atoms with Crippen molar-refractivity contribution in [2.24, 2.45) is 5.92 Å². The molecule has 1 heterocycles. The molecule has 2 unspecified atom stereocenters. The number of hydrogen-bond donors (Lipinski definition) is 1. The Hall–Kier alpha value is -1.68. The summed E-state index contributed by atoms with van der Waals surface area (Å²) in [6.45, 7) is 3.01. The van der Waals surface area contributed by atoms with Crippen LogP contribution in [0.2, 0.25) is 0 Å². The summed E-state index contributed by atoms with van der Waals surface area (Å²) in [5, 5.41) is 7.85. The highest BCUT2D eigenvalue weighted by Crippen LogP contribution is 2.34. The lowest BCUT2D eigenvalue weighted by atomic mass is 9.88. The SMILES string of the molecule is CCn1ncnc1CC1CCCc2ccccc2C1NC. The van der Waals surface area contributed by atoms with Crippen LogP contribution >= 0.6 is 0 Å². The zero-order valence-corrected chi connectivity index (χ0v) is 12.9. The van der Waals surface area contributed by atoms with Gasteiger partial charge in [-0.25, -0.2) is 4.98 Å². The molecule has 1 aliphatic rings. The van der Waals surface area contributed by atoms with E-state index in [0.29, 0.717) is 12.0 Å². The van der Waals surface area contributed by atoms with E-state index >= 15 is 0 Å². The van der Waals surface area contributed by atoms with Crippen LogP contribution in [0.25, 0.3) is 0 Å². The Morgan fingerprint density at radius 2 is 2.19 bits per heavy atom. The van der Waals surface area contributed by atoms with E-state index in [2.05, 4.69) is 53.6 Å². The van der Waals surface area contributed by atoms with Crippen molar-refractivity contribution < 1.29 is 0 Å². The first-order chi connectivity index (χ1) is 10.3. The molecule has 3 rings (SSSR count). The molecule has 1 N–H and O–H groups in total. The van der Waals surface area contributed by atoms with Gasteiger partial charge in [0.2, 0.25) is 0 Å². The van der Waals surface area contributed by atoms with E-state index in [1.807, 2.05) is 4.68 Å². The number of hydrogen-bond acceptors (Lipinski definition) is 3. The van der Waals surface area contributed by atoms with Crippen LogP contribution in [0.1, 0.15) is 42.8 Å². The van der Waals surface area contributed by atoms with Crippen molar-refractivity contribution in [3.8, 4) is 0 Å². The molecule has 4 heteroatoms. The van der Waals surface area contributed by atoms with Crippen molar-refractivity contribution in [2.45, 2.75) is 45.2 Å². The summed E-state index contributed by atoms with van der Waals surface area (Å²) in [5.74, 6) is 1.69. The third-order valence-electron chi connectivity index (χ3n) is 4.63. The summed E-state index contributed by atoms with van der Waals surface area (Å²) in [5.41, 5.74) is 2.96. The van der Waals surface area contributed by atoms with Crippen LogP contribution < -0.4 is 5.32 Å². The fourth-order valence-electron chi connectivity index (χ4n) is 3.60. The van der Waals surface area contributed by atoms with Crippen molar-refractivity contribution in [3.05, 3.63) is 47.5 Å². The topological polar surface area (TPSA) is 42.7 Å². The number of nitrogens with zero attached hydrogens (tertiary/aromatic N) is 3. The molecule has 1 aliphatic carbocycles. The Balaban J connectivity index is 1.88. The maximum absolute atomic E-state index is 4.46. The van der Waals surface area contributed by atoms with Gasteiger partial charge in [0.15, 0.2) is 0 Å². The predicted octanol–water partition coefficient (Wildman–Crippen LogP) is 2.75. The van der Waals surface area contributed by atoms with Gasteiger partial charge in [-0.3, -0.25) is 4.68 Å². The molecule has 0 saturated carbocycles. The number of fused-ring (bicyclic) bond motifs is 1. The minimum Gasteiger partial charge on any atom is -0.313 e. The Bertz CT molecular complexity index is 590. The standard InChI is InChI=1S/C17H24N4/c1-3-21-16(19-12-20-21)11-14-9-6-8-13-7-4-5-10-15(13)17(14)18-2/h4-5,7,10,12,14,17-18H,3,6,8-9,11H2,1-2H3. The van der Waals surface area contributed by atoms with Crippen LogP contribution in [0.5, 0.6) is 0 Å². The molecule has 0 radical (unpaired) electrons. The molecule has 2 atom stereocenters. The Kier molecular flexibility index (Phi) is 4.34. The molecule has 1 aromatic carbocycles. The molecular formula is C17H24N4. The second-order valence-corrected chi connectivity index (χ2v) is 5.81. The number of nitrogens with one attached hydrogen (secondary N) is 1. The summed E-state index contributed by atoms with van der Waals surface area (Å²) in [4.78, 5) is 4.46. The lowest BCUT2D eigenvalue weighted by Gasteiger charge is -2.26. The highest BCUT2D eigenvalue weighted by molar-refractivity contribution is 5.32. The highest BCUT2D eigenvalue weighted by atomic mass is 15.3. The molecule has 0 bridgehead atoms. The maximum Gasteiger partial charge on any atom is 0.138 e. The predicted molar refractivity (Wildman–Crippen MR) is 84.1 cm³/mol. The van der Waals surface area contributed by atoms with Crippen LogP contribution in [-0.4, -0.2) is 21.8 Å². The fourth-order valence-corrected chi connectivity index (χ4v) is 3.60. The molecule has 0 aliphatic heterocycles. The highest BCUT2D eigenvalue weighted by Gasteiger charge is 2.27. The molecule has 0 amide bonds. The van der Waals surface area contributed by atoms with Gasteiger partial charge in [-0.05, 0) is 50.3 Å². The normalized spacial score (nSPS) is 21.8. The third kappa shape index (κ3) is 2.86. The molecule has 0 fully saturated rings. The van der Waals surface area contributed by atoms with Gasteiger partial charge in [0.25, 0.3) is 0 Å². The van der Waals surface area contributed by atoms with Crippen molar-refractivity contribution in [2.75, 3.05) is 7.05 Å². The van der Waals surface area contributed by atoms with Gasteiger partial charge < -0.3 is 5.32 Å². The lowest BCUT2D eigenvalue weighted by molar-refractivity contribution is 0.347. The average molecular weight is 284 g/mol. The van der Waals surface area contributed by atoms with Crippen LogP contribution in [0.15, 0.2) is 30.6 Å². The molecule has 112 valence electrons. The van der Waals surface area contributed by atoms with Gasteiger partial charge in [-0.1, -0.05) is 24.3 Å². The van der Waals surface area contributed by atoms with Gasteiger partial charge in [-0.2, -0.15) is 5.10 Å². The Morgan fingerprint density at radius 3 is 3.00 bits per heavy atom. The first kappa shape index (κ1) is 14.3. The Morgan fingerprint density at radius 1 is 1.33 bits per heavy atom. The van der Waals surface area contributed by atoms with Crippen molar-refractivity contribution in [1.29, 1.82) is 0 Å². The fraction of sp³-hybridized carbons (Fsp3) is 0.529. The minimum absolute atomic E-state index is 0.408. The largest absolute Gasteiger partial charge is 0.313 e. The molecule has 0 spiro atoms. The van der Waals surface area contributed by atoms with E-state index in [1.54, 1.807) is 6.33 Å². The third-order valence-corrected chi connectivity index (χ3v) is 4.63. The number of aryl methyl sites for hydroxylation is 2. The molecule has 1 aromatic heterocycles. The first-order valence-electron chi connectivity index (χ1n) is 7.95. The van der Waals surface area contributed by atoms with Crippen molar-refractivity contribution >= 4 is 0 Å². The van der Waals surface area contributed by atoms with Gasteiger partial charge in [0, 0.05) is 19.0 Å². The van der Waals surface area contributed by atoms with Crippen molar-refractivity contribution in [1.82, 2.24) is 20.1 Å². The van der Waals surface area contributed by atoms with Gasteiger partial charge >= 0.3 is 0 Å². The summed E-state index contributed by atoms with van der Waals surface area (Å²) in [7, 11) is 2.07. The van der Waals surface area contributed by atoms with Crippen LogP contribution in [0.4, 0.5) is 0 Å². The molecule has 2 aromatic rings. The molecule has 0 saturated heterocycles. The quantitative estimate of drug-likeness (QED) is 0.878.